The molecular formula is C20H35N7O. The second-order valence-corrected chi connectivity index (χ2v) is 7.88. The van der Waals surface area contributed by atoms with Crippen LogP contribution in [0.15, 0.2) is 6.33 Å². The molecule has 0 unspecified atom stereocenters. The van der Waals surface area contributed by atoms with Gasteiger partial charge in [0, 0.05) is 38.8 Å². The summed E-state index contributed by atoms with van der Waals surface area (Å²) in [5.74, 6) is 0.387. The van der Waals surface area contributed by atoms with Crippen LogP contribution in [0.1, 0.15) is 46.5 Å². The third-order valence-electron chi connectivity index (χ3n) is 5.46. The lowest BCUT2D eigenvalue weighted by molar-refractivity contribution is 0.107. The number of fused-ring (bicyclic) bond motifs is 1. The number of ether oxygens (including phenoxy) is 1. The maximum Gasteiger partial charge on any atom is 0.320 e. The Hall–Kier alpha value is -1.93. The average Bonchev–Trinajstić information content (AvgIpc) is 3.09. The molecule has 8 nitrogen and oxygen atoms in total. The molecule has 156 valence electrons. The van der Waals surface area contributed by atoms with Crippen LogP contribution in [0.5, 0.6) is 6.01 Å². The van der Waals surface area contributed by atoms with Crippen LogP contribution >= 0.6 is 0 Å². The fourth-order valence-electron chi connectivity index (χ4n) is 3.60. The molecule has 1 aliphatic rings. The lowest BCUT2D eigenvalue weighted by Gasteiger charge is -2.36. The molecule has 3 rings (SSSR count). The van der Waals surface area contributed by atoms with E-state index in [1.165, 1.54) is 32.6 Å². The molecule has 0 aromatic carbocycles. The van der Waals surface area contributed by atoms with Crippen molar-refractivity contribution in [3.05, 3.63) is 6.33 Å². The molecule has 0 radical (unpaired) electrons. The predicted octanol–water partition coefficient (Wildman–Crippen LogP) is 2.39. The quantitative estimate of drug-likeness (QED) is 0.625. The third kappa shape index (κ3) is 5.32. The van der Waals surface area contributed by atoms with Gasteiger partial charge in [0.15, 0.2) is 11.5 Å². The standard InChI is InChI=1S/C20H35N7O/c1-4-5-14-28-20-23-18(21)17-19(24-20)27(15-22-17)9-7-6-8-25-10-12-26(13-11-25)16(2)3/h15-16H,4-14H2,1-3H3,(H2,21,23,24). The molecular weight excluding hydrogens is 354 g/mol. The Morgan fingerprint density at radius 3 is 2.54 bits per heavy atom. The Labute approximate surface area is 168 Å². The van der Waals surface area contributed by atoms with E-state index in [0.717, 1.165) is 38.0 Å². The normalized spacial score (nSPS) is 16.3. The van der Waals surface area contributed by atoms with E-state index in [1.54, 1.807) is 0 Å². The summed E-state index contributed by atoms with van der Waals surface area (Å²) in [5.41, 5.74) is 7.47. The van der Waals surface area contributed by atoms with Crippen LogP contribution in [0.2, 0.25) is 0 Å². The lowest BCUT2D eigenvalue weighted by Crippen LogP contribution is -2.48. The lowest BCUT2D eigenvalue weighted by atomic mass is 10.2. The molecule has 0 aliphatic carbocycles. The summed E-state index contributed by atoms with van der Waals surface area (Å²) in [6, 6.07) is 1.00. The number of piperazine rings is 1. The van der Waals surface area contributed by atoms with E-state index < -0.39 is 0 Å². The van der Waals surface area contributed by atoms with Crippen LogP contribution in [0.25, 0.3) is 11.2 Å². The van der Waals surface area contributed by atoms with Crippen LogP contribution in [0.4, 0.5) is 5.82 Å². The Morgan fingerprint density at radius 2 is 1.82 bits per heavy atom. The van der Waals surface area contributed by atoms with Gasteiger partial charge in [0.05, 0.1) is 12.9 Å². The van der Waals surface area contributed by atoms with Crippen LogP contribution in [-0.2, 0) is 6.54 Å². The molecule has 0 amide bonds. The van der Waals surface area contributed by atoms with Gasteiger partial charge in [-0.15, -0.1) is 0 Å². The van der Waals surface area contributed by atoms with Crippen molar-refractivity contribution < 1.29 is 4.74 Å². The molecule has 28 heavy (non-hydrogen) atoms. The number of nitrogens with two attached hydrogens (primary N) is 1. The largest absolute Gasteiger partial charge is 0.463 e. The molecule has 0 saturated carbocycles. The van der Waals surface area contributed by atoms with Crippen molar-refractivity contribution in [3.63, 3.8) is 0 Å². The summed E-state index contributed by atoms with van der Waals surface area (Å²) in [4.78, 5) is 18.3. The van der Waals surface area contributed by atoms with Gasteiger partial charge in [-0.2, -0.15) is 9.97 Å². The zero-order valence-corrected chi connectivity index (χ0v) is 17.6. The number of anilines is 1. The molecule has 0 bridgehead atoms. The zero-order valence-electron chi connectivity index (χ0n) is 17.6. The van der Waals surface area contributed by atoms with Gasteiger partial charge in [-0.1, -0.05) is 13.3 Å². The molecule has 3 heterocycles. The van der Waals surface area contributed by atoms with Gasteiger partial charge < -0.3 is 19.9 Å². The first-order valence-electron chi connectivity index (χ1n) is 10.7. The Bertz CT molecular complexity index is 737. The number of hydrogen-bond acceptors (Lipinski definition) is 7. The maximum atomic E-state index is 6.04. The van der Waals surface area contributed by atoms with Crippen molar-refractivity contribution in [1.82, 2.24) is 29.3 Å². The number of rotatable bonds is 10. The minimum absolute atomic E-state index is 0.350. The first-order chi connectivity index (χ1) is 13.6. The van der Waals surface area contributed by atoms with Crippen LogP contribution < -0.4 is 10.5 Å². The minimum atomic E-state index is 0.350. The molecule has 0 atom stereocenters. The number of unbranched alkanes of at least 4 members (excludes halogenated alkanes) is 2. The Morgan fingerprint density at radius 1 is 1.07 bits per heavy atom. The van der Waals surface area contributed by atoms with E-state index in [2.05, 4.69) is 50.1 Å². The topological polar surface area (TPSA) is 85.3 Å². The average molecular weight is 390 g/mol. The predicted molar refractivity (Wildman–Crippen MR) is 113 cm³/mol. The van der Waals surface area contributed by atoms with Crippen molar-refractivity contribution in [3.8, 4) is 6.01 Å². The smallest absolute Gasteiger partial charge is 0.320 e. The molecule has 2 aromatic heterocycles. The highest BCUT2D eigenvalue weighted by molar-refractivity contribution is 5.81. The van der Waals surface area contributed by atoms with E-state index in [9.17, 15) is 0 Å². The summed E-state index contributed by atoms with van der Waals surface area (Å²) < 4.78 is 7.70. The fraction of sp³-hybridized carbons (Fsp3) is 0.750. The summed E-state index contributed by atoms with van der Waals surface area (Å²) in [6.45, 7) is 14.0. The van der Waals surface area contributed by atoms with Gasteiger partial charge in [-0.05, 0) is 39.7 Å². The monoisotopic (exact) mass is 389 g/mol. The maximum absolute atomic E-state index is 6.04. The fourth-order valence-corrected chi connectivity index (χ4v) is 3.60. The van der Waals surface area contributed by atoms with Crippen molar-refractivity contribution in [2.24, 2.45) is 0 Å². The summed E-state index contributed by atoms with van der Waals surface area (Å²) in [6.07, 6.45) is 6.12. The van der Waals surface area contributed by atoms with Crippen molar-refractivity contribution in [2.45, 2.75) is 59.0 Å². The summed E-state index contributed by atoms with van der Waals surface area (Å²) in [5, 5.41) is 0. The van der Waals surface area contributed by atoms with E-state index in [1.807, 2.05) is 6.33 Å². The Balaban J connectivity index is 1.49. The molecule has 2 aromatic rings. The van der Waals surface area contributed by atoms with Gasteiger partial charge in [0.1, 0.15) is 5.52 Å². The number of hydrogen-bond donors (Lipinski definition) is 1. The molecule has 0 spiro atoms. The highest BCUT2D eigenvalue weighted by Gasteiger charge is 2.18. The van der Waals surface area contributed by atoms with Crippen LogP contribution in [0.3, 0.4) is 0 Å². The first-order valence-corrected chi connectivity index (χ1v) is 10.7. The molecule has 1 aliphatic heterocycles. The van der Waals surface area contributed by atoms with Gasteiger partial charge in [0.2, 0.25) is 0 Å². The molecule has 2 N–H and O–H groups in total. The van der Waals surface area contributed by atoms with Crippen molar-refractivity contribution in [2.75, 3.05) is 45.1 Å². The molecule has 1 saturated heterocycles. The van der Waals surface area contributed by atoms with Crippen molar-refractivity contribution in [1.29, 1.82) is 0 Å². The van der Waals surface area contributed by atoms with Gasteiger partial charge in [-0.25, -0.2) is 4.98 Å². The van der Waals surface area contributed by atoms with E-state index >= 15 is 0 Å². The summed E-state index contributed by atoms with van der Waals surface area (Å²) >= 11 is 0. The van der Waals surface area contributed by atoms with E-state index in [0.29, 0.717) is 30.0 Å². The summed E-state index contributed by atoms with van der Waals surface area (Å²) in [7, 11) is 0. The second kappa shape index (κ2) is 10.0. The van der Waals surface area contributed by atoms with Gasteiger partial charge in [-0.3, -0.25) is 4.90 Å². The Kier molecular flexibility index (Phi) is 7.44. The van der Waals surface area contributed by atoms with Gasteiger partial charge >= 0.3 is 6.01 Å². The number of aromatic nitrogens is 4. The molecule has 1 fully saturated rings. The number of imidazole rings is 1. The number of nitrogen functional groups attached to an aromatic ring is 1. The minimum Gasteiger partial charge on any atom is -0.463 e. The number of nitrogens with zero attached hydrogens (tertiary/aromatic N) is 6. The SMILES string of the molecule is CCCCOc1nc(N)c2ncn(CCCCN3CCN(C(C)C)CC3)c2n1. The van der Waals surface area contributed by atoms with Gasteiger partial charge in [0.25, 0.3) is 0 Å². The van der Waals surface area contributed by atoms with Crippen molar-refractivity contribution >= 4 is 17.0 Å². The number of aryl methyl sites for hydroxylation is 1. The van der Waals surface area contributed by atoms with Crippen LogP contribution in [-0.4, -0.2) is 74.7 Å². The van der Waals surface area contributed by atoms with E-state index in [-0.39, 0.29) is 0 Å². The zero-order chi connectivity index (χ0) is 19.9. The third-order valence-corrected chi connectivity index (χ3v) is 5.46. The second-order valence-electron chi connectivity index (χ2n) is 7.88. The highest BCUT2D eigenvalue weighted by Crippen LogP contribution is 2.20. The van der Waals surface area contributed by atoms with E-state index in [4.69, 9.17) is 10.5 Å². The highest BCUT2D eigenvalue weighted by atomic mass is 16.5. The molecule has 8 heteroatoms. The van der Waals surface area contributed by atoms with Crippen LogP contribution in [0, 0.1) is 0 Å². The first kappa shape index (κ1) is 20.8.